The molecule has 0 bridgehead atoms. The molecule has 70 valence electrons. The predicted molar refractivity (Wildman–Crippen MR) is 51.5 cm³/mol. The van der Waals surface area contributed by atoms with Gasteiger partial charge >= 0.3 is 7.32 Å². The van der Waals surface area contributed by atoms with Gasteiger partial charge in [0.15, 0.2) is 0 Å². The van der Waals surface area contributed by atoms with Crippen molar-refractivity contribution in [2.45, 2.75) is 0 Å². The molecular weight excluding hydrogens is 239 g/mol. The van der Waals surface area contributed by atoms with Crippen molar-refractivity contribution >= 4 is 23.3 Å². The fourth-order valence-electron chi connectivity index (χ4n) is 0.842. The molecule has 0 atom stereocenters. The zero-order valence-corrected chi connectivity index (χ0v) is 8.48. The molecular formula is C7H8BBrO4. The molecule has 0 saturated carbocycles. The first-order valence-corrected chi connectivity index (χ1v) is 4.29. The Hall–Kier alpha value is -0.715. The molecule has 0 saturated heterocycles. The minimum atomic E-state index is -1.81. The molecule has 2 N–H and O–H groups in total. The van der Waals surface area contributed by atoms with Crippen molar-refractivity contribution in [2.75, 3.05) is 7.11 Å². The summed E-state index contributed by atoms with van der Waals surface area (Å²) >= 11 is 3.23. The Morgan fingerprint density at radius 2 is 2.08 bits per heavy atom. The van der Waals surface area contributed by atoms with Crippen molar-refractivity contribution in [1.29, 1.82) is 0 Å². The lowest BCUT2D eigenvalue weighted by molar-refractivity contribution is 0.288. The van der Waals surface area contributed by atoms with Gasteiger partial charge in [0.25, 0.3) is 0 Å². The van der Waals surface area contributed by atoms with E-state index in [0.29, 0.717) is 16.0 Å². The maximum absolute atomic E-state index is 8.51. The van der Waals surface area contributed by atoms with E-state index in [0.717, 1.165) is 0 Å². The van der Waals surface area contributed by atoms with E-state index >= 15 is 0 Å². The van der Waals surface area contributed by atoms with Crippen molar-refractivity contribution in [3.05, 3.63) is 22.7 Å². The van der Waals surface area contributed by atoms with Crippen molar-refractivity contribution in [3.8, 4) is 11.5 Å². The number of halogens is 1. The topological polar surface area (TPSA) is 58.9 Å². The van der Waals surface area contributed by atoms with Crippen LogP contribution in [0, 0.1) is 0 Å². The van der Waals surface area contributed by atoms with E-state index in [4.69, 9.17) is 14.8 Å². The quantitative estimate of drug-likeness (QED) is 0.775. The second-order valence-electron chi connectivity index (χ2n) is 2.24. The molecule has 1 aromatic rings. The summed E-state index contributed by atoms with van der Waals surface area (Å²) in [5, 5.41) is 17.0. The van der Waals surface area contributed by atoms with Gasteiger partial charge in [-0.3, -0.25) is 0 Å². The van der Waals surface area contributed by atoms with Gasteiger partial charge in [-0.1, -0.05) is 0 Å². The monoisotopic (exact) mass is 246 g/mol. The lowest BCUT2D eigenvalue weighted by Gasteiger charge is -2.07. The Labute approximate surface area is 84.4 Å². The van der Waals surface area contributed by atoms with Gasteiger partial charge in [0.05, 0.1) is 11.6 Å². The Balaban J connectivity index is 2.83. The highest BCUT2D eigenvalue weighted by molar-refractivity contribution is 9.10. The zero-order chi connectivity index (χ0) is 9.84. The predicted octanol–water partition coefficient (Wildman–Crippen LogP) is 0.806. The molecule has 1 rings (SSSR count). The molecule has 1 aromatic carbocycles. The summed E-state index contributed by atoms with van der Waals surface area (Å²) < 4.78 is 10.3. The normalized spacial score (nSPS) is 9.54. The van der Waals surface area contributed by atoms with Crippen LogP contribution < -0.4 is 9.39 Å². The van der Waals surface area contributed by atoms with Gasteiger partial charge in [-0.2, -0.15) is 0 Å². The molecule has 0 aliphatic heterocycles. The number of methoxy groups -OCH3 is 1. The molecule has 0 unspecified atom stereocenters. The van der Waals surface area contributed by atoms with Crippen LogP contribution in [0.15, 0.2) is 22.7 Å². The molecule has 6 heteroatoms. The van der Waals surface area contributed by atoms with Gasteiger partial charge < -0.3 is 19.4 Å². The average Bonchev–Trinajstić information content (AvgIpc) is 2.03. The van der Waals surface area contributed by atoms with E-state index in [1.807, 2.05) is 0 Å². The van der Waals surface area contributed by atoms with E-state index < -0.39 is 7.32 Å². The Kier molecular flexibility index (Phi) is 3.59. The lowest BCUT2D eigenvalue weighted by atomic mass is 10.2. The van der Waals surface area contributed by atoms with Gasteiger partial charge in [-0.05, 0) is 34.1 Å². The SMILES string of the molecule is COc1ccc(OB(O)O)cc1Br. The standard InChI is InChI=1S/C7H8BBrO4/c1-12-7-3-2-5(4-6(7)9)13-8(10)11/h2-4,10-11H,1H3. The third-order valence-electron chi connectivity index (χ3n) is 1.36. The van der Waals surface area contributed by atoms with E-state index in [-0.39, 0.29) is 0 Å². The number of rotatable bonds is 3. The van der Waals surface area contributed by atoms with Crippen LogP contribution in [0.4, 0.5) is 0 Å². The number of hydrogen-bond acceptors (Lipinski definition) is 4. The minimum Gasteiger partial charge on any atom is -0.512 e. The summed E-state index contributed by atoms with van der Waals surface area (Å²) in [5.41, 5.74) is 0. The number of ether oxygens (including phenoxy) is 1. The average molecular weight is 247 g/mol. The van der Waals surface area contributed by atoms with E-state index in [2.05, 4.69) is 20.6 Å². The van der Waals surface area contributed by atoms with Gasteiger partial charge in [0.1, 0.15) is 11.5 Å². The van der Waals surface area contributed by atoms with Crippen LogP contribution in [0.5, 0.6) is 11.5 Å². The Bertz CT molecular complexity index is 292. The lowest BCUT2D eigenvalue weighted by Crippen LogP contribution is -2.20. The van der Waals surface area contributed by atoms with E-state index in [9.17, 15) is 0 Å². The maximum atomic E-state index is 8.51. The van der Waals surface area contributed by atoms with Crippen LogP contribution in [-0.4, -0.2) is 24.5 Å². The summed E-state index contributed by atoms with van der Waals surface area (Å²) in [4.78, 5) is 0. The fourth-order valence-corrected chi connectivity index (χ4v) is 1.36. The molecule has 0 amide bonds. The summed E-state index contributed by atoms with van der Waals surface area (Å²) in [6, 6.07) is 4.81. The molecule has 0 heterocycles. The second kappa shape index (κ2) is 4.50. The van der Waals surface area contributed by atoms with Crippen molar-refractivity contribution in [1.82, 2.24) is 0 Å². The van der Waals surface area contributed by atoms with Crippen LogP contribution in [0.2, 0.25) is 0 Å². The van der Waals surface area contributed by atoms with Crippen molar-refractivity contribution in [3.63, 3.8) is 0 Å². The van der Waals surface area contributed by atoms with Crippen LogP contribution in [0.25, 0.3) is 0 Å². The molecule has 4 nitrogen and oxygen atoms in total. The van der Waals surface area contributed by atoms with Gasteiger partial charge in [-0.25, -0.2) is 0 Å². The summed E-state index contributed by atoms with van der Waals surface area (Å²) in [7, 11) is -0.262. The highest BCUT2D eigenvalue weighted by atomic mass is 79.9. The molecule has 0 aromatic heterocycles. The molecule has 0 aliphatic rings. The number of benzene rings is 1. The summed E-state index contributed by atoms with van der Waals surface area (Å²) in [5.74, 6) is 1.00. The van der Waals surface area contributed by atoms with Gasteiger partial charge in [0, 0.05) is 0 Å². The molecule has 13 heavy (non-hydrogen) atoms. The highest BCUT2D eigenvalue weighted by Gasteiger charge is 2.11. The van der Waals surface area contributed by atoms with E-state index in [1.54, 1.807) is 25.3 Å². The summed E-state index contributed by atoms with van der Waals surface area (Å²) in [6.07, 6.45) is 0. The van der Waals surface area contributed by atoms with E-state index in [1.165, 1.54) is 0 Å². The fraction of sp³-hybridized carbons (Fsp3) is 0.143. The van der Waals surface area contributed by atoms with Crippen LogP contribution >= 0.6 is 15.9 Å². The molecule has 0 radical (unpaired) electrons. The van der Waals surface area contributed by atoms with Crippen LogP contribution in [0.3, 0.4) is 0 Å². The zero-order valence-electron chi connectivity index (χ0n) is 6.90. The van der Waals surface area contributed by atoms with Gasteiger partial charge in [-0.15, -0.1) is 0 Å². The second-order valence-corrected chi connectivity index (χ2v) is 3.09. The molecule has 0 aliphatic carbocycles. The maximum Gasteiger partial charge on any atom is 0.707 e. The first kappa shape index (κ1) is 10.4. The first-order chi connectivity index (χ1) is 6.13. The number of hydrogen-bond donors (Lipinski definition) is 2. The van der Waals surface area contributed by atoms with Crippen LogP contribution in [0.1, 0.15) is 0 Å². The van der Waals surface area contributed by atoms with Gasteiger partial charge in [0.2, 0.25) is 0 Å². The minimum absolute atomic E-state index is 0.350. The Morgan fingerprint density at radius 1 is 1.38 bits per heavy atom. The highest BCUT2D eigenvalue weighted by Crippen LogP contribution is 2.28. The smallest absolute Gasteiger partial charge is 0.512 e. The molecule has 0 fully saturated rings. The Morgan fingerprint density at radius 3 is 2.54 bits per heavy atom. The van der Waals surface area contributed by atoms with Crippen molar-refractivity contribution < 1.29 is 19.4 Å². The van der Waals surface area contributed by atoms with Crippen molar-refractivity contribution in [2.24, 2.45) is 0 Å². The molecule has 0 spiro atoms. The third-order valence-corrected chi connectivity index (χ3v) is 1.98. The largest absolute Gasteiger partial charge is 0.707 e. The third kappa shape index (κ3) is 2.91. The first-order valence-electron chi connectivity index (χ1n) is 3.50. The van der Waals surface area contributed by atoms with Crippen LogP contribution in [-0.2, 0) is 0 Å². The summed E-state index contributed by atoms with van der Waals surface area (Å²) in [6.45, 7) is 0.